The monoisotopic (exact) mass is 225 g/mol. The third-order valence-electron chi connectivity index (χ3n) is 2.63. The summed E-state index contributed by atoms with van der Waals surface area (Å²) in [6.45, 7) is 8.21. The first kappa shape index (κ1) is 13.2. The second-order valence-corrected chi connectivity index (χ2v) is 4.37. The van der Waals surface area contributed by atoms with Crippen molar-refractivity contribution >= 4 is 0 Å². The minimum absolute atomic E-state index is 0.351. The zero-order chi connectivity index (χ0) is 12.0. The Balaban J connectivity index is 2.37. The summed E-state index contributed by atoms with van der Waals surface area (Å²) in [4.78, 5) is 0. The van der Waals surface area contributed by atoms with Gasteiger partial charge in [0.2, 0.25) is 0 Å². The Kier molecular flexibility index (Phi) is 5.49. The van der Waals surface area contributed by atoms with Gasteiger partial charge in [-0.2, -0.15) is 5.10 Å². The van der Waals surface area contributed by atoms with E-state index in [-0.39, 0.29) is 0 Å². The second kappa shape index (κ2) is 6.66. The molecule has 0 aromatic carbocycles. The molecule has 1 unspecified atom stereocenters. The molecule has 4 nitrogen and oxygen atoms in total. The van der Waals surface area contributed by atoms with E-state index in [1.807, 2.05) is 10.9 Å². The van der Waals surface area contributed by atoms with Crippen LogP contribution in [0.5, 0.6) is 0 Å². The van der Waals surface area contributed by atoms with E-state index >= 15 is 0 Å². The van der Waals surface area contributed by atoms with Crippen LogP contribution in [0, 0.1) is 0 Å². The summed E-state index contributed by atoms with van der Waals surface area (Å²) < 4.78 is 7.00. The van der Waals surface area contributed by atoms with Gasteiger partial charge in [0.1, 0.15) is 0 Å². The first-order chi connectivity index (χ1) is 7.65. The van der Waals surface area contributed by atoms with Gasteiger partial charge >= 0.3 is 0 Å². The van der Waals surface area contributed by atoms with E-state index in [1.54, 1.807) is 7.11 Å². The van der Waals surface area contributed by atoms with Gasteiger partial charge in [-0.05, 0) is 33.7 Å². The molecule has 0 saturated heterocycles. The average Bonchev–Trinajstić information content (AvgIpc) is 2.73. The zero-order valence-corrected chi connectivity index (χ0v) is 10.7. The van der Waals surface area contributed by atoms with Gasteiger partial charge in [0.15, 0.2) is 0 Å². The molecule has 1 heterocycles. The van der Waals surface area contributed by atoms with Gasteiger partial charge in [0, 0.05) is 37.6 Å². The molecule has 0 aliphatic heterocycles. The van der Waals surface area contributed by atoms with Crippen molar-refractivity contribution in [2.75, 3.05) is 20.3 Å². The fourth-order valence-corrected chi connectivity index (χ4v) is 1.51. The molecule has 1 atom stereocenters. The van der Waals surface area contributed by atoms with Crippen LogP contribution in [0.25, 0.3) is 0 Å². The van der Waals surface area contributed by atoms with Gasteiger partial charge in [-0.1, -0.05) is 0 Å². The van der Waals surface area contributed by atoms with Crippen molar-refractivity contribution in [1.82, 2.24) is 15.1 Å². The molecule has 1 rings (SSSR count). The number of rotatable bonds is 7. The molecular weight excluding hydrogens is 202 g/mol. The van der Waals surface area contributed by atoms with Crippen LogP contribution in [0.3, 0.4) is 0 Å². The van der Waals surface area contributed by atoms with Gasteiger partial charge in [-0.15, -0.1) is 0 Å². The summed E-state index contributed by atoms with van der Waals surface area (Å²) in [6.07, 6.45) is 5.09. The Labute approximate surface area is 98.0 Å². The lowest BCUT2D eigenvalue weighted by Crippen LogP contribution is -2.20. The molecule has 4 heteroatoms. The lowest BCUT2D eigenvalue weighted by molar-refractivity contribution is 0.193. The van der Waals surface area contributed by atoms with Gasteiger partial charge < -0.3 is 10.1 Å². The standard InChI is InChI=1S/C12H23N3O/c1-10(2)15-9-12(8-14-15)11(3)13-6-5-7-16-4/h8-11,13H,5-7H2,1-4H3. The van der Waals surface area contributed by atoms with Crippen LogP contribution in [0.1, 0.15) is 44.8 Å². The van der Waals surface area contributed by atoms with Crippen LogP contribution in [0.2, 0.25) is 0 Å². The Bertz CT molecular complexity index is 296. The molecule has 0 spiro atoms. The maximum Gasteiger partial charge on any atom is 0.0537 e. The number of nitrogens with one attached hydrogen (secondary N) is 1. The van der Waals surface area contributed by atoms with Crippen molar-refractivity contribution in [3.8, 4) is 0 Å². The lowest BCUT2D eigenvalue weighted by atomic mass is 10.2. The number of ether oxygens (including phenoxy) is 1. The highest BCUT2D eigenvalue weighted by molar-refractivity contribution is 5.09. The summed E-state index contributed by atoms with van der Waals surface area (Å²) in [7, 11) is 1.73. The molecule has 0 amide bonds. The van der Waals surface area contributed by atoms with Crippen LogP contribution < -0.4 is 5.32 Å². The summed E-state index contributed by atoms with van der Waals surface area (Å²) in [5.41, 5.74) is 1.24. The maximum atomic E-state index is 5.01. The lowest BCUT2D eigenvalue weighted by Gasteiger charge is -2.11. The largest absolute Gasteiger partial charge is 0.385 e. The van der Waals surface area contributed by atoms with Crippen molar-refractivity contribution in [3.63, 3.8) is 0 Å². The number of hydrogen-bond donors (Lipinski definition) is 1. The van der Waals surface area contributed by atoms with E-state index in [1.165, 1.54) is 5.56 Å². The quantitative estimate of drug-likeness (QED) is 0.723. The van der Waals surface area contributed by atoms with Crippen LogP contribution in [-0.4, -0.2) is 30.0 Å². The molecule has 1 N–H and O–H groups in total. The SMILES string of the molecule is COCCCNC(C)c1cnn(C(C)C)c1. The van der Waals surface area contributed by atoms with E-state index in [2.05, 4.69) is 37.4 Å². The number of hydrogen-bond acceptors (Lipinski definition) is 3. The first-order valence-corrected chi connectivity index (χ1v) is 5.91. The van der Waals surface area contributed by atoms with Crippen LogP contribution >= 0.6 is 0 Å². The molecular formula is C12H23N3O. The molecule has 0 saturated carbocycles. The minimum Gasteiger partial charge on any atom is -0.385 e. The van der Waals surface area contributed by atoms with E-state index in [4.69, 9.17) is 4.74 Å². The molecule has 1 aromatic rings. The van der Waals surface area contributed by atoms with Gasteiger partial charge in [0.25, 0.3) is 0 Å². The van der Waals surface area contributed by atoms with Crippen molar-refractivity contribution in [1.29, 1.82) is 0 Å². The van der Waals surface area contributed by atoms with Crippen molar-refractivity contribution in [2.24, 2.45) is 0 Å². The van der Waals surface area contributed by atoms with Crippen molar-refractivity contribution < 1.29 is 4.74 Å². The Morgan fingerprint density at radius 3 is 2.75 bits per heavy atom. The van der Waals surface area contributed by atoms with E-state index < -0.39 is 0 Å². The highest BCUT2D eigenvalue weighted by Gasteiger charge is 2.08. The van der Waals surface area contributed by atoms with Gasteiger partial charge in [-0.25, -0.2) is 0 Å². The molecule has 0 fully saturated rings. The van der Waals surface area contributed by atoms with Crippen LogP contribution in [-0.2, 0) is 4.74 Å². The Hall–Kier alpha value is -0.870. The van der Waals surface area contributed by atoms with Gasteiger partial charge in [0.05, 0.1) is 6.20 Å². The van der Waals surface area contributed by atoms with Gasteiger partial charge in [-0.3, -0.25) is 4.68 Å². The zero-order valence-electron chi connectivity index (χ0n) is 10.7. The summed E-state index contributed by atoms with van der Waals surface area (Å²) in [6, 6.07) is 0.777. The molecule has 0 aliphatic rings. The Morgan fingerprint density at radius 2 is 2.19 bits per heavy atom. The summed E-state index contributed by atoms with van der Waals surface area (Å²) in [5, 5.41) is 7.79. The minimum atomic E-state index is 0.351. The first-order valence-electron chi connectivity index (χ1n) is 5.91. The fourth-order valence-electron chi connectivity index (χ4n) is 1.51. The molecule has 16 heavy (non-hydrogen) atoms. The molecule has 1 aromatic heterocycles. The van der Waals surface area contributed by atoms with E-state index in [0.29, 0.717) is 12.1 Å². The predicted molar refractivity (Wildman–Crippen MR) is 65.5 cm³/mol. The second-order valence-electron chi connectivity index (χ2n) is 4.37. The predicted octanol–water partition coefficient (Wildman–Crippen LogP) is 2.15. The Morgan fingerprint density at radius 1 is 1.44 bits per heavy atom. The maximum absolute atomic E-state index is 5.01. The third-order valence-corrected chi connectivity index (χ3v) is 2.63. The summed E-state index contributed by atoms with van der Waals surface area (Å²) in [5.74, 6) is 0. The smallest absolute Gasteiger partial charge is 0.0537 e. The van der Waals surface area contributed by atoms with E-state index in [9.17, 15) is 0 Å². The number of nitrogens with zero attached hydrogens (tertiary/aromatic N) is 2. The van der Waals surface area contributed by atoms with E-state index in [0.717, 1.165) is 19.6 Å². The molecule has 0 radical (unpaired) electrons. The van der Waals surface area contributed by atoms with Crippen LogP contribution in [0.4, 0.5) is 0 Å². The van der Waals surface area contributed by atoms with Crippen molar-refractivity contribution in [2.45, 2.75) is 39.3 Å². The molecule has 92 valence electrons. The fraction of sp³-hybridized carbons (Fsp3) is 0.750. The average molecular weight is 225 g/mol. The highest BCUT2D eigenvalue weighted by atomic mass is 16.5. The highest BCUT2D eigenvalue weighted by Crippen LogP contribution is 2.13. The van der Waals surface area contributed by atoms with Crippen molar-refractivity contribution in [3.05, 3.63) is 18.0 Å². The molecule has 0 bridgehead atoms. The molecule has 0 aliphatic carbocycles. The van der Waals surface area contributed by atoms with Crippen LogP contribution in [0.15, 0.2) is 12.4 Å². The summed E-state index contributed by atoms with van der Waals surface area (Å²) >= 11 is 0. The third kappa shape index (κ3) is 3.94. The topological polar surface area (TPSA) is 39.1 Å². The number of methoxy groups -OCH3 is 1. The number of aromatic nitrogens is 2. The normalized spacial score (nSPS) is 13.3.